The summed E-state index contributed by atoms with van der Waals surface area (Å²) in [6.07, 6.45) is 1.55. The van der Waals surface area contributed by atoms with Gasteiger partial charge < -0.3 is 10.2 Å². The van der Waals surface area contributed by atoms with Gasteiger partial charge in [0.2, 0.25) is 5.91 Å². The standard InChI is InChI=1S/C18H20N4OS2/c1-3-22(4-2)14-7-5-13(6-8-14)21-16(23)11-25-18-15-9-10-24-17(15)19-12-20-18/h5-10,12H,3-4,11H2,1-2H3,(H,21,23). The van der Waals surface area contributed by atoms with E-state index in [1.165, 1.54) is 17.4 Å². The largest absolute Gasteiger partial charge is 0.372 e. The van der Waals surface area contributed by atoms with E-state index in [4.69, 9.17) is 0 Å². The van der Waals surface area contributed by atoms with Crippen LogP contribution < -0.4 is 10.2 Å². The van der Waals surface area contributed by atoms with E-state index in [0.717, 1.165) is 34.0 Å². The van der Waals surface area contributed by atoms with E-state index in [-0.39, 0.29) is 5.91 Å². The summed E-state index contributed by atoms with van der Waals surface area (Å²) in [7, 11) is 0. The van der Waals surface area contributed by atoms with E-state index in [1.807, 2.05) is 35.7 Å². The molecule has 1 amide bonds. The molecule has 0 aliphatic rings. The van der Waals surface area contributed by atoms with Gasteiger partial charge in [-0.15, -0.1) is 11.3 Å². The molecule has 5 nitrogen and oxygen atoms in total. The van der Waals surface area contributed by atoms with Crippen LogP contribution in [0.1, 0.15) is 13.8 Å². The Balaban J connectivity index is 1.58. The third-order valence-corrected chi connectivity index (χ3v) is 5.67. The van der Waals surface area contributed by atoms with Gasteiger partial charge in [0.15, 0.2) is 0 Å². The number of carbonyl (C=O) groups excluding carboxylic acids is 1. The highest BCUT2D eigenvalue weighted by Gasteiger charge is 2.09. The van der Waals surface area contributed by atoms with Crippen molar-refractivity contribution >= 4 is 50.6 Å². The Hall–Kier alpha value is -2.12. The highest BCUT2D eigenvalue weighted by atomic mass is 32.2. The van der Waals surface area contributed by atoms with E-state index in [0.29, 0.717) is 5.75 Å². The van der Waals surface area contributed by atoms with Crippen LogP contribution >= 0.6 is 23.1 Å². The minimum atomic E-state index is -0.0393. The molecule has 0 atom stereocenters. The fourth-order valence-corrected chi connectivity index (χ4v) is 4.14. The van der Waals surface area contributed by atoms with Gasteiger partial charge in [-0.3, -0.25) is 4.79 Å². The molecule has 0 aliphatic carbocycles. The topological polar surface area (TPSA) is 58.1 Å². The number of fused-ring (bicyclic) bond motifs is 1. The molecule has 0 bridgehead atoms. The fraction of sp³-hybridized carbons (Fsp3) is 0.278. The molecule has 7 heteroatoms. The molecule has 1 aromatic carbocycles. The van der Waals surface area contributed by atoms with Crippen LogP contribution in [0.25, 0.3) is 10.2 Å². The Kier molecular flexibility index (Phi) is 5.88. The molecule has 0 spiro atoms. The smallest absolute Gasteiger partial charge is 0.234 e. The van der Waals surface area contributed by atoms with E-state index in [1.54, 1.807) is 17.7 Å². The zero-order chi connectivity index (χ0) is 17.6. The predicted molar refractivity (Wildman–Crippen MR) is 107 cm³/mol. The van der Waals surface area contributed by atoms with Crippen LogP contribution in [0, 0.1) is 0 Å². The average molecular weight is 373 g/mol. The lowest BCUT2D eigenvalue weighted by Gasteiger charge is -2.21. The number of aromatic nitrogens is 2. The SMILES string of the molecule is CCN(CC)c1ccc(NC(=O)CSc2ncnc3sccc23)cc1. The molecule has 3 aromatic rings. The van der Waals surface area contributed by atoms with E-state index in [2.05, 4.69) is 34.0 Å². The van der Waals surface area contributed by atoms with Gasteiger partial charge in [0.05, 0.1) is 5.75 Å². The number of anilines is 2. The number of hydrogen-bond acceptors (Lipinski definition) is 6. The van der Waals surface area contributed by atoms with Crippen LogP contribution in [0.15, 0.2) is 47.1 Å². The Morgan fingerprint density at radius 3 is 2.64 bits per heavy atom. The van der Waals surface area contributed by atoms with Crippen LogP contribution in [-0.4, -0.2) is 34.7 Å². The van der Waals surface area contributed by atoms with Gasteiger partial charge in [-0.25, -0.2) is 9.97 Å². The maximum absolute atomic E-state index is 12.2. The first kappa shape index (κ1) is 17.7. The molecule has 0 saturated carbocycles. The van der Waals surface area contributed by atoms with Gasteiger partial charge in [0.1, 0.15) is 16.2 Å². The van der Waals surface area contributed by atoms with Crippen LogP contribution in [-0.2, 0) is 4.79 Å². The number of thiophene rings is 1. The van der Waals surface area contributed by atoms with Gasteiger partial charge in [-0.2, -0.15) is 0 Å². The van der Waals surface area contributed by atoms with Crippen LogP contribution in [0.5, 0.6) is 0 Å². The Morgan fingerprint density at radius 2 is 1.92 bits per heavy atom. The summed E-state index contributed by atoms with van der Waals surface area (Å²) in [5.74, 6) is 0.280. The number of benzene rings is 1. The monoisotopic (exact) mass is 372 g/mol. The second-order valence-corrected chi connectivity index (χ2v) is 7.23. The normalized spacial score (nSPS) is 10.8. The fourth-order valence-electron chi connectivity index (χ4n) is 2.56. The van der Waals surface area contributed by atoms with Gasteiger partial charge >= 0.3 is 0 Å². The molecular formula is C18H20N4OS2. The van der Waals surface area contributed by atoms with Crippen LogP contribution in [0.4, 0.5) is 11.4 Å². The summed E-state index contributed by atoms with van der Waals surface area (Å²) >= 11 is 3.01. The molecule has 130 valence electrons. The number of thioether (sulfide) groups is 1. The lowest BCUT2D eigenvalue weighted by molar-refractivity contribution is -0.113. The highest BCUT2D eigenvalue weighted by Crippen LogP contribution is 2.27. The first-order valence-electron chi connectivity index (χ1n) is 8.17. The molecule has 0 fully saturated rings. The van der Waals surface area contributed by atoms with Crippen molar-refractivity contribution in [2.75, 3.05) is 29.1 Å². The Morgan fingerprint density at radius 1 is 1.16 bits per heavy atom. The number of rotatable bonds is 7. The van der Waals surface area contributed by atoms with Crippen molar-refractivity contribution < 1.29 is 4.79 Å². The predicted octanol–water partition coefficient (Wildman–Crippen LogP) is 4.27. The maximum atomic E-state index is 12.2. The summed E-state index contributed by atoms with van der Waals surface area (Å²) in [4.78, 5) is 23.9. The van der Waals surface area contributed by atoms with Gasteiger partial charge in [0.25, 0.3) is 0 Å². The summed E-state index contributed by atoms with van der Waals surface area (Å²) in [5.41, 5.74) is 1.98. The number of hydrogen-bond donors (Lipinski definition) is 1. The van der Waals surface area contributed by atoms with Crippen molar-refractivity contribution in [2.24, 2.45) is 0 Å². The average Bonchev–Trinajstić information content (AvgIpc) is 3.12. The van der Waals surface area contributed by atoms with Crippen molar-refractivity contribution in [1.29, 1.82) is 0 Å². The zero-order valence-electron chi connectivity index (χ0n) is 14.2. The quantitative estimate of drug-likeness (QED) is 0.496. The molecular weight excluding hydrogens is 352 g/mol. The maximum Gasteiger partial charge on any atom is 0.234 e. The minimum absolute atomic E-state index is 0.0393. The zero-order valence-corrected chi connectivity index (χ0v) is 15.9. The van der Waals surface area contributed by atoms with Gasteiger partial charge in [-0.1, -0.05) is 11.8 Å². The minimum Gasteiger partial charge on any atom is -0.372 e. The molecule has 0 aliphatic heterocycles. The lowest BCUT2D eigenvalue weighted by atomic mass is 10.2. The first-order chi connectivity index (χ1) is 12.2. The molecule has 0 unspecified atom stereocenters. The molecule has 3 rings (SSSR count). The molecule has 0 radical (unpaired) electrons. The van der Waals surface area contributed by atoms with E-state index < -0.39 is 0 Å². The van der Waals surface area contributed by atoms with Crippen molar-refractivity contribution in [2.45, 2.75) is 18.9 Å². The number of amides is 1. The number of nitrogens with one attached hydrogen (secondary N) is 1. The molecule has 25 heavy (non-hydrogen) atoms. The van der Waals surface area contributed by atoms with Crippen LogP contribution in [0.3, 0.4) is 0 Å². The van der Waals surface area contributed by atoms with Gasteiger partial charge in [-0.05, 0) is 49.6 Å². The van der Waals surface area contributed by atoms with Crippen molar-refractivity contribution in [3.05, 3.63) is 42.0 Å². The summed E-state index contributed by atoms with van der Waals surface area (Å²) in [5, 5.41) is 6.78. The van der Waals surface area contributed by atoms with E-state index in [9.17, 15) is 4.79 Å². The highest BCUT2D eigenvalue weighted by molar-refractivity contribution is 8.00. The third kappa shape index (κ3) is 4.29. The third-order valence-electron chi connectivity index (χ3n) is 3.84. The summed E-state index contributed by atoms with van der Waals surface area (Å²) in [6.45, 7) is 6.20. The van der Waals surface area contributed by atoms with Crippen molar-refractivity contribution in [3.8, 4) is 0 Å². The van der Waals surface area contributed by atoms with Gasteiger partial charge in [0, 0.05) is 29.9 Å². The lowest BCUT2D eigenvalue weighted by Crippen LogP contribution is -2.21. The number of carbonyl (C=O) groups is 1. The number of nitrogens with zero attached hydrogens (tertiary/aromatic N) is 3. The molecule has 0 saturated heterocycles. The van der Waals surface area contributed by atoms with E-state index >= 15 is 0 Å². The summed E-state index contributed by atoms with van der Waals surface area (Å²) < 4.78 is 0. The Bertz CT molecular complexity index is 844. The first-order valence-corrected chi connectivity index (χ1v) is 10.0. The molecule has 2 heterocycles. The van der Waals surface area contributed by atoms with Crippen molar-refractivity contribution in [1.82, 2.24) is 9.97 Å². The van der Waals surface area contributed by atoms with Crippen molar-refractivity contribution in [3.63, 3.8) is 0 Å². The Labute approximate surface area is 155 Å². The second kappa shape index (κ2) is 8.31. The van der Waals surface area contributed by atoms with Crippen LogP contribution in [0.2, 0.25) is 0 Å². The second-order valence-electron chi connectivity index (χ2n) is 5.37. The molecule has 1 N–H and O–H groups in total. The molecule has 2 aromatic heterocycles. The summed E-state index contributed by atoms with van der Waals surface area (Å²) in [6, 6.07) is 9.95.